The highest BCUT2D eigenvalue weighted by Gasteiger charge is 2.38. The van der Waals surface area contributed by atoms with E-state index in [1.54, 1.807) is 0 Å². The van der Waals surface area contributed by atoms with Crippen LogP contribution >= 0.6 is 11.6 Å². The Hall–Kier alpha value is -1.78. The van der Waals surface area contributed by atoms with Crippen LogP contribution in [0.5, 0.6) is 0 Å². The number of carbonyl (C=O) groups is 3. The van der Waals surface area contributed by atoms with E-state index in [9.17, 15) is 36.0 Å². The van der Waals surface area contributed by atoms with Gasteiger partial charge in [0.15, 0.2) is 28.1 Å². The van der Waals surface area contributed by atoms with Crippen LogP contribution in [0.4, 0.5) is 13.2 Å². The molecule has 1 aliphatic carbocycles. The van der Waals surface area contributed by atoms with Crippen molar-refractivity contribution < 1.29 is 40.7 Å². The summed E-state index contributed by atoms with van der Waals surface area (Å²) in [5.74, 6) is -3.58. The van der Waals surface area contributed by atoms with Crippen molar-refractivity contribution in [2.75, 3.05) is 6.61 Å². The molecule has 0 spiro atoms. The first-order valence-corrected chi connectivity index (χ1v) is 9.28. The number of rotatable bonds is 6. The number of ether oxygens (including phenoxy) is 1. The Kier molecular flexibility index (Phi) is 6.77. The lowest BCUT2D eigenvalue weighted by Crippen LogP contribution is -2.35. The molecule has 0 heterocycles. The Morgan fingerprint density at radius 2 is 1.78 bits per heavy atom. The highest BCUT2D eigenvalue weighted by molar-refractivity contribution is 7.72. The average molecular weight is 427 g/mol. The summed E-state index contributed by atoms with van der Waals surface area (Å²) >= 11 is 6.05. The summed E-state index contributed by atoms with van der Waals surface area (Å²) < 4.78 is 63.9. The molecule has 1 saturated carbocycles. The van der Waals surface area contributed by atoms with E-state index in [1.807, 2.05) is 0 Å². The van der Waals surface area contributed by atoms with Crippen molar-refractivity contribution in [3.8, 4) is 0 Å². The van der Waals surface area contributed by atoms with Crippen molar-refractivity contribution in [2.45, 2.75) is 36.9 Å². The molecule has 148 valence electrons. The molecule has 1 aromatic rings. The maximum absolute atomic E-state index is 12.6. The average Bonchev–Trinajstić information content (AvgIpc) is 2.54. The minimum Gasteiger partial charge on any atom is -0.367 e. The van der Waals surface area contributed by atoms with E-state index < -0.39 is 63.3 Å². The lowest BCUT2D eigenvalue weighted by molar-refractivity contribution is -0.176. The molecule has 0 unspecified atom stereocenters. The number of ketones is 3. The van der Waals surface area contributed by atoms with Crippen molar-refractivity contribution in [1.29, 1.82) is 0 Å². The fourth-order valence-electron chi connectivity index (χ4n) is 2.73. The predicted octanol–water partition coefficient (Wildman–Crippen LogP) is 2.51. The second kappa shape index (κ2) is 8.49. The quantitative estimate of drug-likeness (QED) is 0.426. The summed E-state index contributed by atoms with van der Waals surface area (Å²) in [4.78, 5) is 36.1. The first-order chi connectivity index (χ1) is 12.5. The number of hydrogen-bond donors (Lipinski definition) is 1. The molecule has 1 fully saturated rings. The van der Waals surface area contributed by atoms with Crippen molar-refractivity contribution in [1.82, 2.24) is 0 Å². The van der Waals surface area contributed by atoms with E-state index in [-0.39, 0.29) is 24.0 Å². The van der Waals surface area contributed by atoms with E-state index in [4.69, 9.17) is 11.6 Å². The van der Waals surface area contributed by atoms with Gasteiger partial charge < -0.3 is 4.74 Å². The lowest BCUT2D eigenvalue weighted by atomic mass is 9.81. The maximum Gasteiger partial charge on any atom is 0.411 e. The minimum atomic E-state index is -4.64. The molecule has 0 N–H and O–H groups in total. The molecule has 11 heteroatoms. The summed E-state index contributed by atoms with van der Waals surface area (Å²) in [6, 6.07) is 2.02. The Labute approximate surface area is 158 Å². The summed E-state index contributed by atoms with van der Waals surface area (Å²) in [7, 11) is -3.23. The van der Waals surface area contributed by atoms with Crippen LogP contribution in [-0.2, 0) is 31.6 Å². The molecule has 27 heavy (non-hydrogen) atoms. The van der Waals surface area contributed by atoms with Crippen LogP contribution in [0.2, 0.25) is 5.02 Å². The molecule has 0 radical (unpaired) electrons. The van der Waals surface area contributed by atoms with Crippen LogP contribution in [0, 0.1) is 5.92 Å². The van der Waals surface area contributed by atoms with Gasteiger partial charge >= 0.3 is 6.18 Å². The van der Waals surface area contributed by atoms with Crippen molar-refractivity contribution in [2.24, 2.45) is 5.92 Å². The van der Waals surface area contributed by atoms with Gasteiger partial charge in [-0.25, -0.2) is 8.42 Å². The van der Waals surface area contributed by atoms with Gasteiger partial charge in [-0.3, -0.25) is 14.4 Å². The van der Waals surface area contributed by atoms with Gasteiger partial charge in [0.2, 0.25) is 0 Å². The molecule has 0 amide bonds. The number of thiol groups is 1. The van der Waals surface area contributed by atoms with E-state index >= 15 is 0 Å². The molecule has 0 atom stereocenters. The number of alkyl halides is 3. The monoisotopic (exact) mass is 426 g/mol. The van der Waals surface area contributed by atoms with Gasteiger partial charge in [-0.2, -0.15) is 13.2 Å². The molecule has 6 nitrogen and oxygen atoms in total. The van der Waals surface area contributed by atoms with Crippen LogP contribution in [0.25, 0.3) is 0 Å². The highest BCUT2D eigenvalue weighted by atomic mass is 35.5. The predicted molar refractivity (Wildman–Crippen MR) is 87.4 cm³/mol. The molecule has 1 aromatic carbocycles. The van der Waals surface area contributed by atoms with Crippen LogP contribution < -0.4 is 0 Å². The van der Waals surface area contributed by atoms with E-state index in [0.29, 0.717) is 6.42 Å². The van der Waals surface area contributed by atoms with Crippen LogP contribution in [0.3, 0.4) is 0 Å². The van der Waals surface area contributed by atoms with Gasteiger partial charge in [0, 0.05) is 24.0 Å². The van der Waals surface area contributed by atoms with Crippen LogP contribution in [0.15, 0.2) is 17.0 Å². The third-order valence-corrected chi connectivity index (χ3v) is 5.19. The van der Waals surface area contributed by atoms with E-state index in [1.165, 1.54) is 0 Å². The van der Waals surface area contributed by atoms with Crippen molar-refractivity contribution in [3.05, 3.63) is 28.3 Å². The number of Topliss-reactive ketones (excluding diaryl/α,β-unsaturated/α-hetero) is 3. The molecular weight excluding hydrogens is 413 g/mol. The number of hydrogen-bond acceptors (Lipinski definition) is 6. The van der Waals surface area contributed by atoms with E-state index in [2.05, 4.69) is 4.74 Å². The zero-order chi connectivity index (χ0) is 20.4. The maximum atomic E-state index is 12.6. The Bertz CT molecular complexity index is 838. The van der Waals surface area contributed by atoms with Gasteiger partial charge in [-0.1, -0.05) is 11.6 Å². The number of halogens is 4. The first kappa shape index (κ1) is 21.5. The van der Waals surface area contributed by atoms with Gasteiger partial charge in [0.25, 0.3) is 0 Å². The smallest absolute Gasteiger partial charge is 0.367 e. The van der Waals surface area contributed by atoms with Gasteiger partial charge in [-0.15, -0.1) is 0 Å². The first-order valence-electron chi connectivity index (χ1n) is 7.73. The van der Waals surface area contributed by atoms with Gasteiger partial charge in [-0.05, 0) is 18.6 Å². The number of carbonyl (C=O) groups excluding carboxylic acids is 3. The third-order valence-electron chi connectivity index (χ3n) is 3.95. The molecule has 0 aromatic heterocycles. The van der Waals surface area contributed by atoms with Gasteiger partial charge in [0.1, 0.15) is 12.5 Å². The molecule has 0 aliphatic heterocycles. The largest absolute Gasteiger partial charge is 0.411 e. The van der Waals surface area contributed by atoms with Crippen molar-refractivity contribution >= 4 is 39.7 Å². The Balaban J connectivity index is 2.40. The molecular formula is C16H14ClF3O6S. The summed E-state index contributed by atoms with van der Waals surface area (Å²) in [5.41, 5.74) is -0.643. The van der Waals surface area contributed by atoms with E-state index in [0.717, 1.165) is 12.1 Å². The summed E-state index contributed by atoms with van der Waals surface area (Å²) in [6.45, 7) is -2.46. The fourth-order valence-corrected chi connectivity index (χ4v) is 3.70. The van der Waals surface area contributed by atoms with Crippen LogP contribution in [-0.4, -0.2) is 38.6 Å². The minimum absolute atomic E-state index is 0.0474. The van der Waals surface area contributed by atoms with Crippen molar-refractivity contribution in [3.63, 3.8) is 0 Å². The highest BCUT2D eigenvalue weighted by Crippen LogP contribution is 2.31. The number of benzene rings is 1. The molecule has 0 saturated heterocycles. The molecule has 2 rings (SSSR count). The SMILES string of the molecule is O=C1CCCC(=O)C1C(=O)c1ccc([SH](=O)=O)c(COCC(F)(F)F)c1Cl. The molecule has 0 bridgehead atoms. The molecule has 1 aliphatic rings. The Morgan fingerprint density at radius 3 is 2.30 bits per heavy atom. The summed E-state index contributed by atoms with van der Waals surface area (Å²) in [6.07, 6.45) is -4.21. The fraction of sp³-hybridized carbons (Fsp3) is 0.438. The standard InChI is InChI=1S/C16H14ClF3O6S/c17-14-8(15(23)13-10(21)2-1-3-11(13)22)4-5-12(27(24)25)9(14)6-26-7-16(18,19)20/h4-5,13,27H,1-3,6-7H2. The third kappa shape index (κ3) is 5.14. The zero-order valence-electron chi connectivity index (χ0n) is 13.7. The summed E-state index contributed by atoms with van der Waals surface area (Å²) in [5, 5.41) is -0.454. The lowest BCUT2D eigenvalue weighted by Gasteiger charge is -2.20. The second-order valence-corrected chi connectivity index (χ2v) is 7.25. The second-order valence-electron chi connectivity index (χ2n) is 5.87. The Morgan fingerprint density at radius 1 is 1.19 bits per heavy atom. The van der Waals surface area contributed by atoms with Crippen LogP contribution in [0.1, 0.15) is 35.2 Å². The van der Waals surface area contributed by atoms with Gasteiger partial charge in [0.05, 0.1) is 16.5 Å². The topological polar surface area (TPSA) is 94.6 Å². The zero-order valence-corrected chi connectivity index (χ0v) is 15.3. The normalized spacial score (nSPS) is 16.2.